The van der Waals surface area contributed by atoms with E-state index in [-0.39, 0.29) is 0 Å². The fourth-order valence-electron chi connectivity index (χ4n) is 4.11. The van der Waals surface area contributed by atoms with Crippen LogP contribution in [-0.2, 0) is 0 Å². The van der Waals surface area contributed by atoms with Crippen LogP contribution in [0.15, 0.2) is 42.6 Å². The minimum atomic E-state index is 0.422. The van der Waals surface area contributed by atoms with Crippen LogP contribution in [0.1, 0.15) is 101 Å². The second-order valence-corrected chi connectivity index (χ2v) is 9.26. The highest BCUT2D eigenvalue weighted by atomic mass is 15.4. The molecule has 3 nitrogen and oxygen atoms in total. The van der Waals surface area contributed by atoms with Crippen LogP contribution in [0.3, 0.4) is 0 Å². The average Bonchev–Trinajstić information content (AvgIpc) is 3.15. The molecule has 0 spiro atoms. The number of rotatable bonds is 6. The third-order valence-corrected chi connectivity index (χ3v) is 5.69. The molecule has 0 aliphatic heterocycles. The van der Waals surface area contributed by atoms with Gasteiger partial charge >= 0.3 is 0 Å². The molecule has 0 N–H and O–H groups in total. The maximum atomic E-state index is 4.66. The van der Waals surface area contributed by atoms with Crippen molar-refractivity contribution >= 4 is 0 Å². The lowest BCUT2D eigenvalue weighted by atomic mass is 9.87. The molecule has 0 bridgehead atoms. The summed E-state index contributed by atoms with van der Waals surface area (Å²) in [4.78, 5) is 0. The van der Waals surface area contributed by atoms with Gasteiger partial charge in [0.1, 0.15) is 5.69 Å². The lowest BCUT2D eigenvalue weighted by Crippen LogP contribution is -2.07. The minimum absolute atomic E-state index is 0.422. The summed E-state index contributed by atoms with van der Waals surface area (Å²) in [6, 6.07) is 13.2. The van der Waals surface area contributed by atoms with Crippen molar-refractivity contribution in [3.63, 3.8) is 0 Å². The van der Waals surface area contributed by atoms with Gasteiger partial charge in [0.2, 0.25) is 0 Å². The molecular formula is C26H35N3. The van der Waals surface area contributed by atoms with Crippen LogP contribution in [0.25, 0.3) is 16.9 Å². The molecule has 3 aromatic rings. The third-order valence-electron chi connectivity index (χ3n) is 5.69. The number of hydrogen-bond acceptors (Lipinski definition) is 2. The fourth-order valence-corrected chi connectivity index (χ4v) is 4.11. The summed E-state index contributed by atoms with van der Waals surface area (Å²) in [5, 5.41) is 9.28. The molecule has 0 unspecified atom stereocenters. The smallest absolute Gasteiger partial charge is 0.114 e. The SMILES string of the molecule is CC(C)c1cccc(C(C)C)c1-c1cn(-c2c(C(C)C)cccc2C(C)C)nn1. The first-order chi connectivity index (χ1) is 13.7. The maximum Gasteiger partial charge on any atom is 0.114 e. The lowest BCUT2D eigenvalue weighted by Gasteiger charge is -2.19. The molecular weight excluding hydrogens is 354 g/mol. The van der Waals surface area contributed by atoms with E-state index in [0.29, 0.717) is 23.7 Å². The van der Waals surface area contributed by atoms with Gasteiger partial charge in [0.25, 0.3) is 0 Å². The highest BCUT2D eigenvalue weighted by Crippen LogP contribution is 2.36. The molecule has 0 fully saturated rings. The van der Waals surface area contributed by atoms with E-state index in [1.54, 1.807) is 0 Å². The highest BCUT2D eigenvalue weighted by molar-refractivity contribution is 5.69. The predicted molar refractivity (Wildman–Crippen MR) is 123 cm³/mol. The van der Waals surface area contributed by atoms with Crippen LogP contribution < -0.4 is 0 Å². The fraction of sp³-hybridized carbons (Fsp3) is 0.462. The summed E-state index contributed by atoms with van der Waals surface area (Å²) in [6.07, 6.45) is 2.13. The normalized spacial score (nSPS) is 12.0. The zero-order chi connectivity index (χ0) is 21.3. The summed E-state index contributed by atoms with van der Waals surface area (Å²) in [5.74, 6) is 1.71. The summed E-state index contributed by atoms with van der Waals surface area (Å²) >= 11 is 0. The highest BCUT2D eigenvalue weighted by Gasteiger charge is 2.21. The minimum Gasteiger partial charge on any atom is -0.220 e. The van der Waals surface area contributed by atoms with Crippen molar-refractivity contribution in [2.75, 3.05) is 0 Å². The molecule has 0 aliphatic carbocycles. The number of aromatic nitrogens is 3. The van der Waals surface area contributed by atoms with E-state index in [4.69, 9.17) is 0 Å². The Kier molecular flexibility index (Phi) is 6.26. The van der Waals surface area contributed by atoms with Gasteiger partial charge in [0.05, 0.1) is 11.9 Å². The number of nitrogens with zero attached hydrogens (tertiary/aromatic N) is 3. The zero-order valence-corrected chi connectivity index (χ0v) is 19.2. The number of para-hydroxylation sites is 1. The van der Waals surface area contributed by atoms with Crippen LogP contribution >= 0.6 is 0 Å². The Hall–Kier alpha value is -2.42. The van der Waals surface area contributed by atoms with Crippen molar-refractivity contribution in [3.8, 4) is 16.9 Å². The first-order valence-electron chi connectivity index (χ1n) is 10.9. The molecule has 1 heterocycles. The molecule has 2 aromatic carbocycles. The van der Waals surface area contributed by atoms with E-state index in [1.165, 1.54) is 33.5 Å². The quantitative estimate of drug-likeness (QED) is 0.439. The van der Waals surface area contributed by atoms with Crippen LogP contribution in [0.4, 0.5) is 0 Å². The van der Waals surface area contributed by atoms with E-state index >= 15 is 0 Å². The molecule has 154 valence electrons. The molecule has 0 amide bonds. The Morgan fingerprint density at radius 1 is 0.621 bits per heavy atom. The molecule has 29 heavy (non-hydrogen) atoms. The number of hydrogen-bond donors (Lipinski definition) is 0. The van der Waals surface area contributed by atoms with Crippen LogP contribution in [0.5, 0.6) is 0 Å². The monoisotopic (exact) mass is 389 g/mol. The van der Waals surface area contributed by atoms with Gasteiger partial charge < -0.3 is 0 Å². The lowest BCUT2D eigenvalue weighted by molar-refractivity contribution is 0.742. The van der Waals surface area contributed by atoms with E-state index < -0.39 is 0 Å². The van der Waals surface area contributed by atoms with Gasteiger partial charge in [-0.1, -0.05) is 97.0 Å². The van der Waals surface area contributed by atoms with E-state index in [9.17, 15) is 0 Å². The molecule has 0 atom stereocenters. The van der Waals surface area contributed by atoms with Gasteiger partial charge in [-0.05, 0) is 45.9 Å². The average molecular weight is 390 g/mol. The Morgan fingerprint density at radius 2 is 1.03 bits per heavy atom. The van der Waals surface area contributed by atoms with Crippen LogP contribution in [-0.4, -0.2) is 15.0 Å². The second kappa shape index (κ2) is 8.52. The van der Waals surface area contributed by atoms with Crippen LogP contribution in [0.2, 0.25) is 0 Å². The zero-order valence-electron chi connectivity index (χ0n) is 19.2. The van der Waals surface area contributed by atoms with Gasteiger partial charge in [-0.15, -0.1) is 5.10 Å². The molecule has 3 heteroatoms. The first-order valence-corrected chi connectivity index (χ1v) is 10.9. The summed E-state index contributed by atoms with van der Waals surface area (Å²) in [5.41, 5.74) is 8.70. The Morgan fingerprint density at radius 3 is 1.45 bits per heavy atom. The number of benzene rings is 2. The summed E-state index contributed by atoms with van der Waals surface area (Å²) in [6.45, 7) is 18.0. The Bertz CT molecular complexity index is 847. The van der Waals surface area contributed by atoms with Crippen molar-refractivity contribution in [1.29, 1.82) is 0 Å². The first kappa shape index (κ1) is 21.3. The van der Waals surface area contributed by atoms with Crippen LogP contribution in [0, 0.1) is 0 Å². The van der Waals surface area contributed by atoms with Crippen molar-refractivity contribution in [1.82, 2.24) is 15.0 Å². The Labute approximate surface area is 176 Å². The molecule has 0 saturated carbocycles. The topological polar surface area (TPSA) is 30.7 Å². The standard InChI is InChI=1S/C26H35N3/c1-16(2)20-11-9-12-21(17(3)4)25(20)24-15-29(28-27-24)26-22(18(5)6)13-10-14-23(26)19(7)8/h9-19H,1-8H3. The summed E-state index contributed by atoms with van der Waals surface area (Å²) in [7, 11) is 0. The molecule has 0 saturated heterocycles. The largest absolute Gasteiger partial charge is 0.220 e. The van der Waals surface area contributed by atoms with Crippen molar-refractivity contribution in [3.05, 3.63) is 64.8 Å². The van der Waals surface area contributed by atoms with Crippen molar-refractivity contribution < 1.29 is 0 Å². The Balaban J connectivity index is 2.23. The van der Waals surface area contributed by atoms with E-state index in [0.717, 1.165) is 5.69 Å². The van der Waals surface area contributed by atoms with E-state index in [2.05, 4.69) is 108 Å². The molecule has 0 aliphatic rings. The predicted octanol–water partition coefficient (Wildman–Crippen LogP) is 7.43. The van der Waals surface area contributed by atoms with Crippen molar-refractivity contribution in [2.45, 2.75) is 79.1 Å². The van der Waals surface area contributed by atoms with Crippen molar-refractivity contribution in [2.24, 2.45) is 0 Å². The van der Waals surface area contributed by atoms with E-state index in [1.807, 2.05) is 4.68 Å². The van der Waals surface area contributed by atoms with Gasteiger partial charge in [-0.2, -0.15) is 0 Å². The van der Waals surface area contributed by atoms with Gasteiger partial charge in [-0.3, -0.25) is 0 Å². The maximum absolute atomic E-state index is 4.66. The van der Waals surface area contributed by atoms with Gasteiger partial charge in [-0.25, -0.2) is 4.68 Å². The summed E-state index contributed by atoms with van der Waals surface area (Å²) < 4.78 is 2.00. The van der Waals surface area contributed by atoms with Gasteiger partial charge in [0, 0.05) is 5.56 Å². The van der Waals surface area contributed by atoms with Gasteiger partial charge in [0.15, 0.2) is 0 Å². The molecule has 1 aromatic heterocycles. The molecule has 0 radical (unpaired) electrons. The second-order valence-electron chi connectivity index (χ2n) is 9.26. The molecule has 3 rings (SSSR count). The third kappa shape index (κ3) is 4.14.